The summed E-state index contributed by atoms with van der Waals surface area (Å²) in [6.45, 7) is 13.6. The molecule has 0 unspecified atom stereocenters. The zero-order valence-corrected chi connectivity index (χ0v) is 11.6. The van der Waals surface area contributed by atoms with Crippen LogP contribution in [-0.2, 0) is 11.3 Å². The molecule has 1 aromatic carbocycles. The minimum Gasteiger partial charge on any atom is -0.493 e. The van der Waals surface area contributed by atoms with E-state index < -0.39 is 0 Å². The van der Waals surface area contributed by atoms with E-state index in [4.69, 9.17) is 4.74 Å². The van der Waals surface area contributed by atoms with Gasteiger partial charge in [0.1, 0.15) is 6.61 Å². The highest BCUT2D eigenvalue weighted by Gasteiger charge is 2.26. The van der Waals surface area contributed by atoms with E-state index in [1.807, 2.05) is 37.4 Å². The Labute approximate surface area is 110 Å². The molecule has 0 aliphatic carbocycles. The fraction of sp³-hybridized carbons (Fsp3) is 0.375. The molecule has 2 nitrogen and oxygen atoms in total. The van der Waals surface area contributed by atoms with Crippen molar-refractivity contribution in [3.05, 3.63) is 60.4 Å². The molecule has 0 aliphatic heterocycles. The lowest BCUT2D eigenvalue weighted by molar-refractivity contribution is 0.147. The van der Waals surface area contributed by atoms with Crippen molar-refractivity contribution in [3.8, 4) is 0 Å². The molecule has 0 bridgehead atoms. The van der Waals surface area contributed by atoms with E-state index in [1.54, 1.807) is 0 Å². The highest BCUT2D eigenvalue weighted by Crippen LogP contribution is 2.33. The normalized spacial score (nSPS) is 11.1. The van der Waals surface area contributed by atoms with E-state index in [1.165, 1.54) is 0 Å². The summed E-state index contributed by atoms with van der Waals surface area (Å²) in [6.07, 6.45) is 0. The van der Waals surface area contributed by atoms with Gasteiger partial charge in [0.05, 0.1) is 5.76 Å². The molecule has 0 amide bonds. The van der Waals surface area contributed by atoms with Crippen molar-refractivity contribution in [2.45, 2.75) is 20.5 Å². The maximum atomic E-state index is 5.78. The topological polar surface area (TPSA) is 21.3 Å². The SMILES string of the molecule is C=C(CNC)C(C)(C)C(=C)OCc1ccccc1. The van der Waals surface area contributed by atoms with Crippen LogP contribution in [0.2, 0.25) is 0 Å². The molecule has 0 spiro atoms. The van der Waals surface area contributed by atoms with Gasteiger partial charge >= 0.3 is 0 Å². The summed E-state index contributed by atoms with van der Waals surface area (Å²) in [5.41, 5.74) is 1.99. The van der Waals surface area contributed by atoms with E-state index in [9.17, 15) is 0 Å². The molecule has 0 atom stereocenters. The van der Waals surface area contributed by atoms with Gasteiger partial charge in [0.25, 0.3) is 0 Å². The lowest BCUT2D eigenvalue weighted by Crippen LogP contribution is -2.25. The van der Waals surface area contributed by atoms with Gasteiger partial charge in [-0.1, -0.05) is 49.1 Å². The molecular formula is C16H23NO. The maximum Gasteiger partial charge on any atom is 0.113 e. The molecule has 18 heavy (non-hydrogen) atoms. The Morgan fingerprint density at radius 2 is 1.83 bits per heavy atom. The summed E-state index contributed by atoms with van der Waals surface area (Å²) in [5.74, 6) is 0.756. The molecule has 0 heterocycles. The molecular weight excluding hydrogens is 222 g/mol. The monoisotopic (exact) mass is 245 g/mol. The van der Waals surface area contributed by atoms with Crippen LogP contribution < -0.4 is 5.32 Å². The molecule has 0 saturated carbocycles. The van der Waals surface area contributed by atoms with E-state index in [0.717, 1.165) is 23.4 Å². The lowest BCUT2D eigenvalue weighted by Gasteiger charge is -2.29. The van der Waals surface area contributed by atoms with Crippen LogP contribution in [0.4, 0.5) is 0 Å². The smallest absolute Gasteiger partial charge is 0.113 e. The molecule has 0 aromatic heterocycles. The van der Waals surface area contributed by atoms with Crippen LogP contribution in [-0.4, -0.2) is 13.6 Å². The number of allylic oxidation sites excluding steroid dienone is 1. The quantitative estimate of drug-likeness (QED) is 0.586. The van der Waals surface area contributed by atoms with Gasteiger partial charge in [0.2, 0.25) is 0 Å². The minimum atomic E-state index is -0.224. The van der Waals surface area contributed by atoms with Crippen molar-refractivity contribution in [3.63, 3.8) is 0 Å². The standard InChI is InChI=1S/C16H23NO/c1-13(11-17-5)16(3,4)14(2)18-12-15-9-7-6-8-10-15/h6-10,17H,1-2,11-12H2,3-5H3. The van der Waals surface area contributed by atoms with Crippen molar-refractivity contribution in [2.75, 3.05) is 13.6 Å². The third-order valence-electron chi connectivity index (χ3n) is 3.23. The third kappa shape index (κ3) is 3.74. The Hall–Kier alpha value is -1.54. The highest BCUT2D eigenvalue weighted by atomic mass is 16.5. The number of benzene rings is 1. The Morgan fingerprint density at radius 1 is 1.22 bits per heavy atom. The van der Waals surface area contributed by atoms with Gasteiger partial charge in [-0.05, 0) is 26.5 Å². The largest absolute Gasteiger partial charge is 0.493 e. The Bertz CT molecular complexity index is 406. The van der Waals surface area contributed by atoms with Gasteiger partial charge in [-0.3, -0.25) is 0 Å². The van der Waals surface area contributed by atoms with Crippen molar-refractivity contribution in [1.82, 2.24) is 5.32 Å². The van der Waals surface area contributed by atoms with E-state index >= 15 is 0 Å². The van der Waals surface area contributed by atoms with E-state index in [-0.39, 0.29) is 5.41 Å². The van der Waals surface area contributed by atoms with Crippen LogP contribution in [0.1, 0.15) is 19.4 Å². The summed E-state index contributed by atoms with van der Waals surface area (Å²) in [7, 11) is 1.91. The number of rotatable bonds is 7. The summed E-state index contributed by atoms with van der Waals surface area (Å²) >= 11 is 0. The predicted octanol–water partition coefficient (Wildman–Crippen LogP) is 3.52. The first-order valence-electron chi connectivity index (χ1n) is 6.17. The third-order valence-corrected chi connectivity index (χ3v) is 3.23. The predicted molar refractivity (Wildman–Crippen MR) is 77.2 cm³/mol. The van der Waals surface area contributed by atoms with Crippen LogP contribution >= 0.6 is 0 Å². The lowest BCUT2D eigenvalue weighted by atomic mass is 9.83. The van der Waals surface area contributed by atoms with Crippen LogP contribution in [0.5, 0.6) is 0 Å². The van der Waals surface area contributed by atoms with Crippen molar-refractivity contribution in [2.24, 2.45) is 5.41 Å². The molecule has 0 saturated heterocycles. The maximum absolute atomic E-state index is 5.78. The second-order valence-electron chi connectivity index (χ2n) is 4.96. The minimum absolute atomic E-state index is 0.224. The number of hydrogen-bond acceptors (Lipinski definition) is 2. The zero-order chi connectivity index (χ0) is 13.6. The number of hydrogen-bond donors (Lipinski definition) is 1. The number of likely N-dealkylation sites (N-methyl/N-ethyl adjacent to an activating group) is 1. The molecule has 0 aliphatic rings. The molecule has 1 aromatic rings. The fourth-order valence-corrected chi connectivity index (χ4v) is 1.56. The second-order valence-corrected chi connectivity index (χ2v) is 4.96. The van der Waals surface area contributed by atoms with E-state index in [0.29, 0.717) is 6.61 Å². The first-order chi connectivity index (χ1) is 8.48. The Balaban J connectivity index is 2.57. The Kier molecular flexibility index (Phi) is 5.17. The fourth-order valence-electron chi connectivity index (χ4n) is 1.56. The van der Waals surface area contributed by atoms with Gasteiger partial charge in [0.15, 0.2) is 0 Å². The van der Waals surface area contributed by atoms with Gasteiger partial charge in [-0.25, -0.2) is 0 Å². The van der Waals surface area contributed by atoms with Gasteiger partial charge in [-0.15, -0.1) is 0 Å². The molecule has 0 radical (unpaired) electrons. The summed E-state index contributed by atoms with van der Waals surface area (Å²) in [5, 5.41) is 3.11. The average molecular weight is 245 g/mol. The van der Waals surface area contributed by atoms with Crippen molar-refractivity contribution in [1.29, 1.82) is 0 Å². The summed E-state index contributed by atoms with van der Waals surface area (Å²) in [4.78, 5) is 0. The highest BCUT2D eigenvalue weighted by molar-refractivity contribution is 5.21. The van der Waals surface area contributed by atoms with Gasteiger partial charge in [0, 0.05) is 12.0 Å². The van der Waals surface area contributed by atoms with Crippen molar-refractivity contribution >= 4 is 0 Å². The Morgan fingerprint density at radius 3 is 2.39 bits per heavy atom. The molecule has 0 fully saturated rings. The first-order valence-corrected chi connectivity index (χ1v) is 6.17. The summed E-state index contributed by atoms with van der Waals surface area (Å²) in [6, 6.07) is 10.1. The van der Waals surface area contributed by atoms with Crippen LogP contribution in [0.3, 0.4) is 0 Å². The van der Waals surface area contributed by atoms with Gasteiger partial charge < -0.3 is 10.1 Å². The van der Waals surface area contributed by atoms with Crippen LogP contribution in [0.15, 0.2) is 54.8 Å². The molecule has 2 heteroatoms. The molecule has 98 valence electrons. The number of ether oxygens (including phenoxy) is 1. The molecule has 1 N–H and O–H groups in total. The van der Waals surface area contributed by atoms with Crippen molar-refractivity contribution < 1.29 is 4.74 Å². The second kappa shape index (κ2) is 6.41. The average Bonchev–Trinajstić information content (AvgIpc) is 2.37. The first kappa shape index (κ1) is 14.5. The zero-order valence-electron chi connectivity index (χ0n) is 11.6. The molecule has 1 rings (SSSR count). The number of nitrogens with one attached hydrogen (secondary N) is 1. The summed E-state index contributed by atoms with van der Waals surface area (Å²) < 4.78 is 5.78. The van der Waals surface area contributed by atoms with Crippen LogP contribution in [0.25, 0.3) is 0 Å². The van der Waals surface area contributed by atoms with Crippen LogP contribution in [0, 0.1) is 5.41 Å². The van der Waals surface area contributed by atoms with Gasteiger partial charge in [-0.2, -0.15) is 0 Å². The van der Waals surface area contributed by atoms with E-state index in [2.05, 4.69) is 32.3 Å².